The van der Waals surface area contributed by atoms with Crippen molar-refractivity contribution in [1.82, 2.24) is 4.90 Å². The van der Waals surface area contributed by atoms with Gasteiger partial charge in [-0.25, -0.2) is 0 Å². The van der Waals surface area contributed by atoms with Crippen LogP contribution in [0.1, 0.15) is 12.8 Å². The first-order valence-corrected chi connectivity index (χ1v) is 7.02. The third kappa shape index (κ3) is 7.65. The molecule has 0 fully saturated rings. The highest BCUT2D eigenvalue weighted by molar-refractivity contribution is 5.91. The molecule has 1 aromatic carbocycles. The van der Waals surface area contributed by atoms with E-state index in [9.17, 15) is 9.90 Å². The van der Waals surface area contributed by atoms with Gasteiger partial charge in [-0.1, -0.05) is 6.07 Å². The van der Waals surface area contributed by atoms with Crippen LogP contribution in [0.4, 0.5) is 11.4 Å². The minimum absolute atomic E-state index is 0.0357. The number of nitrogen functional groups attached to an aromatic ring is 1. The number of aliphatic hydroxyl groups is 1. The maximum Gasteiger partial charge on any atom is 0.224 e. The van der Waals surface area contributed by atoms with Crippen molar-refractivity contribution in [3.05, 3.63) is 24.3 Å². The lowest BCUT2D eigenvalue weighted by Crippen LogP contribution is -2.32. The van der Waals surface area contributed by atoms with E-state index in [1.165, 1.54) is 0 Å². The molecule has 118 valence electrons. The van der Waals surface area contributed by atoms with Gasteiger partial charge in [-0.2, -0.15) is 0 Å². The fourth-order valence-corrected chi connectivity index (χ4v) is 2.05. The Morgan fingerprint density at radius 1 is 1.52 bits per heavy atom. The average Bonchev–Trinajstić information content (AvgIpc) is 2.38. The second kappa shape index (κ2) is 9.33. The van der Waals surface area contributed by atoms with Crippen molar-refractivity contribution in [2.75, 3.05) is 44.9 Å². The fourth-order valence-electron chi connectivity index (χ4n) is 2.05. The lowest BCUT2D eigenvalue weighted by atomic mass is 10.2. The second-order valence-electron chi connectivity index (χ2n) is 5.15. The largest absolute Gasteiger partial charge is 0.399 e. The van der Waals surface area contributed by atoms with Crippen molar-refractivity contribution in [1.29, 1.82) is 0 Å². The second-order valence-corrected chi connectivity index (χ2v) is 5.15. The van der Waals surface area contributed by atoms with Crippen molar-refractivity contribution in [3.63, 3.8) is 0 Å². The molecule has 1 unspecified atom stereocenters. The van der Waals surface area contributed by atoms with Crippen LogP contribution in [-0.4, -0.2) is 55.9 Å². The highest BCUT2D eigenvalue weighted by Gasteiger charge is 2.08. The Balaban J connectivity index is 2.21. The monoisotopic (exact) mass is 295 g/mol. The van der Waals surface area contributed by atoms with Gasteiger partial charge in [-0.3, -0.25) is 4.79 Å². The first-order chi connectivity index (χ1) is 10.0. The van der Waals surface area contributed by atoms with Crippen LogP contribution in [0.15, 0.2) is 24.3 Å². The fraction of sp³-hybridized carbons (Fsp3) is 0.533. The molecular formula is C15H25N3O3. The third-order valence-corrected chi connectivity index (χ3v) is 3.00. The molecule has 1 rings (SSSR count). The Morgan fingerprint density at radius 3 is 2.95 bits per heavy atom. The van der Waals surface area contributed by atoms with Crippen molar-refractivity contribution in [2.45, 2.75) is 18.9 Å². The molecule has 0 heterocycles. The van der Waals surface area contributed by atoms with Crippen LogP contribution in [0.2, 0.25) is 0 Å². The van der Waals surface area contributed by atoms with E-state index in [4.69, 9.17) is 10.5 Å². The summed E-state index contributed by atoms with van der Waals surface area (Å²) in [4.78, 5) is 13.8. The smallest absolute Gasteiger partial charge is 0.224 e. The molecule has 0 spiro atoms. The summed E-state index contributed by atoms with van der Waals surface area (Å²) in [7, 11) is 3.47. The van der Waals surface area contributed by atoms with Gasteiger partial charge in [0.1, 0.15) is 0 Å². The molecule has 0 saturated heterocycles. The first kappa shape index (κ1) is 17.4. The molecule has 0 bridgehead atoms. The molecule has 0 aliphatic carbocycles. The number of carbonyl (C=O) groups is 1. The van der Waals surface area contributed by atoms with E-state index in [1.54, 1.807) is 25.3 Å². The molecule has 4 N–H and O–H groups in total. The molecule has 6 nitrogen and oxygen atoms in total. The zero-order valence-corrected chi connectivity index (χ0v) is 12.7. The number of methoxy groups -OCH3 is 1. The van der Waals surface area contributed by atoms with Gasteiger partial charge >= 0.3 is 0 Å². The summed E-state index contributed by atoms with van der Waals surface area (Å²) >= 11 is 0. The van der Waals surface area contributed by atoms with Crippen molar-refractivity contribution in [2.24, 2.45) is 0 Å². The van der Waals surface area contributed by atoms with E-state index < -0.39 is 6.10 Å². The van der Waals surface area contributed by atoms with E-state index in [0.717, 1.165) is 13.0 Å². The molecule has 0 saturated carbocycles. The maximum absolute atomic E-state index is 11.8. The molecule has 1 atom stereocenters. The number of likely N-dealkylation sites (N-methyl/N-ethyl adjacent to an activating group) is 1. The number of nitrogens with zero attached hydrogens (tertiary/aromatic N) is 1. The molecule has 0 aromatic heterocycles. The predicted octanol–water partition coefficient (Wildman–Crippen LogP) is 0.927. The third-order valence-electron chi connectivity index (χ3n) is 3.00. The highest BCUT2D eigenvalue weighted by Crippen LogP contribution is 2.12. The van der Waals surface area contributed by atoms with Crippen molar-refractivity contribution < 1.29 is 14.6 Å². The molecule has 0 radical (unpaired) electrons. The number of nitrogens with two attached hydrogens (primary N) is 1. The van der Waals surface area contributed by atoms with Crippen LogP contribution in [0.25, 0.3) is 0 Å². The van der Waals surface area contributed by atoms with Crippen LogP contribution < -0.4 is 11.1 Å². The van der Waals surface area contributed by atoms with Crippen LogP contribution in [-0.2, 0) is 9.53 Å². The average molecular weight is 295 g/mol. The summed E-state index contributed by atoms with van der Waals surface area (Å²) in [6, 6.07) is 7.11. The summed E-state index contributed by atoms with van der Waals surface area (Å²) in [5.74, 6) is -0.0357. The number of nitrogens with one attached hydrogen (secondary N) is 1. The minimum atomic E-state index is -0.499. The lowest BCUT2D eigenvalue weighted by Gasteiger charge is -2.19. The number of rotatable bonds is 9. The van der Waals surface area contributed by atoms with E-state index in [-0.39, 0.29) is 5.91 Å². The van der Waals surface area contributed by atoms with Gasteiger partial charge in [-0.15, -0.1) is 0 Å². The number of ether oxygens (including phenoxy) is 1. The summed E-state index contributed by atoms with van der Waals surface area (Å²) in [6.07, 6.45) is 0.658. The predicted molar refractivity (Wildman–Crippen MR) is 84.1 cm³/mol. The quantitative estimate of drug-likeness (QED) is 0.590. The Bertz CT molecular complexity index is 440. The topological polar surface area (TPSA) is 87.8 Å². The Kier molecular flexibility index (Phi) is 7.74. The van der Waals surface area contributed by atoms with E-state index in [0.29, 0.717) is 30.9 Å². The summed E-state index contributed by atoms with van der Waals surface area (Å²) in [6.45, 7) is 1.59. The number of amides is 1. The lowest BCUT2D eigenvalue weighted by molar-refractivity contribution is -0.116. The number of hydrogen-bond acceptors (Lipinski definition) is 5. The van der Waals surface area contributed by atoms with Gasteiger partial charge in [-0.05, 0) is 38.2 Å². The standard InChI is InChI=1S/C15H25N3O3/c1-18(10-14(19)11-21-2)8-4-7-15(20)17-13-6-3-5-12(16)9-13/h3,5-6,9,14,19H,4,7-8,10-11,16H2,1-2H3,(H,17,20). The van der Waals surface area contributed by atoms with Crippen LogP contribution >= 0.6 is 0 Å². The van der Waals surface area contributed by atoms with Gasteiger partial charge in [0.15, 0.2) is 0 Å². The molecule has 1 aromatic rings. The van der Waals surface area contributed by atoms with Crippen LogP contribution in [0, 0.1) is 0 Å². The maximum atomic E-state index is 11.8. The van der Waals surface area contributed by atoms with Gasteiger partial charge < -0.3 is 25.8 Å². The van der Waals surface area contributed by atoms with E-state index >= 15 is 0 Å². The first-order valence-electron chi connectivity index (χ1n) is 7.02. The number of anilines is 2. The summed E-state index contributed by atoms with van der Waals surface area (Å²) in [5, 5.41) is 12.4. The zero-order chi connectivity index (χ0) is 15.7. The van der Waals surface area contributed by atoms with Gasteiger partial charge in [0.25, 0.3) is 0 Å². The normalized spacial score (nSPS) is 12.4. The number of aliphatic hydroxyl groups excluding tert-OH is 1. The van der Waals surface area contributed by atoms with E-state index in [2.05, 4.69) is 5.32 Å². The van der Waals surface area contributed by atoms with Gasteiger partial charge in [0, 0.05) is 31.5 Å². The molecule has 6 heteroatoms. The Hall–Kier alpha value is -1.63. The van der Waals surface area contributed by atoms with Crippen molar-refractivity contribution >= 4 is 17.3 Å². The minimum Gasteiger partial charge on any atom is -0.399 e. The van der Waals surface area contributed by atoms with Crippen molar-refractivity contribution in [3.8, 4) is 0 Å². The van der Waals surface area contributed by atoms with Crippen LogP contribution in [0.5, 0.6) is 0 Å². The zero-order valence-electron chi connectivity index (χ0n) is 12.7. The number of carbonyl (C=O) groups excluding carboxylic acids is 1. The SMILES string of the molecule is COCC(O)CN(C)CCCC(=O)Nc1cccc(N)c1. The number of hydrogen-bond donors (Lipinski definition) is 3. The molecule has 0 aliphatic rings. The summed E-state index contributed by atoms with van der Waals surface area (Å²) < 4.78 is 4.87. The molecule has 0 aliphatic heterocycles. The Labute approximate surface area is 125 Å². The molecular weight excluding hydrogens is 270 g/mol. The van der Waals surface area contributed by atoms with Crippen LogP contribution in [0.3, 0.4) is 0 Å². The molecule has 21 heavy (non-hydrogen) atoms. The highest BCUT2D eigenvalue weighted by atomic mass is 16.5. The van der Waals surface area contributed by atoms with Gasteiger partial charge in [0.05, 0.1) is 12.7 Å². The van der Waals surface area contributed by atoms with E-state index in [1.807, 2.05) is 18.0 Å². The molecule has 1 amide bonds. The number of benzene rings is 1. The van der Waals surface area contributed by atoms with Gasteiger partial charge in [0.2, 0.25) is 5.91 Å². The Morgan fingerprint density at radius 2 is 2.29 bits per heavy atom. The summed E-state index contributed by atoms with van der Waals surface area (Å²) in [5.41, 5.74) is 6.99.